The summed E-state index contributed by atoms with van der Waals surface area (Å²) >= 11 is 0. The minimum absolute atomic E-state index is 0.298. The molecule has 0 unspecified atom stereocenters. The first-order chi connectivity index (χ1) is 14.4. The fraction of sp³-hybridized carbons (Fsp3) is 0.429. The lowest BCUT2D eigenvalue weighted by Gasteiger charge is -2.32. The molecule has 0 N–H and O–H groups in total. The third kappa shape index (κ3) is 5.66. The third-order valence-electron chi connectivity index (χ3n) is 4.32. The highest BCUT2D eigenvalue weighted by Crippen LogP contribution is 2.48. The second-order valence-corrected chi connectivity index (χ2v) is 6.77. The van der Waals surface area contributed by atoms with Gasteiger partial charge in [-0.1, -0.05) is 43.3 Å². The second kappa shape index (κ2) is 9.84. The Morgan fingerprint density at radius 1 is 0.806 bits per heavy atom. The maximum Gasteiger partial charge on any atom is 0.380 e. The molecule has 0 aliphatic heterocycles. The van der Waals surface area contributed by atoms with E-state index in [1.807, 2.05) is 19.1 Å². The van der Waals surface area contributed by atoms with Gasteiger partial charge < -0.3 is 9.47 Å². The maximum absolute atomic E-state index is 13.5. The molecule has 31 heavy (non-hydrogen) atoms. The van der Waals surface area contributed by atoms with Crippen molar-refractivity contribution in [2.24, 2.45) is 0 Å². The zero-order valence-electron chi connectivity index (χ0n) is 16.4. The Kier molecular flexibility index (Phi) is 7.91. The van der Waals surface area contributed by atoms with Gasteiger partial charge in [0.15, 0.2) is 0 Å². The largest absolute Gasteiger partial charge is 0.494 e. The van der Waals surface area contributed by atoms with Crippen LogP contribution in [0.1, 0.15) is 18.9 Å². The van der Waals surface area contributed by atoms with Crippen LogP contribution in [-0.2, 0) is 11.3 Å². The van der Waals surface area contributed by atoms with E-state index in [1.165, 1.54) is 12.1 Å². The Balaban J connectivity index is 1.96. The molecular formula is C21H20F8O2. The van der Waals surface area contributed by atoms with Gasteiger partial charge in [-0.05, 0) is 35.2 Å². The van der Waals surface area contributed by atoms with E-state index >= 15 is 0 Å². The summed E-state index contributed by atoms with van der Waals surface area (Å²) in [6.07, 6.45) is -4.09. The molecular weight excluding hydrogens is 436 g/mol. The van der Waals surface area contributed by atoms with Crippen LogP contribution in [0.2, 0.25) is 0 Å². The predicted octanol–water partition coefficient (Wildman–Crippen LogP) is 6.83. The summed E-state index contributed by atoms with van der Waals surface area (Å²) in [5.74, 6) is -17.3. The van der Waals surface area contributed by atoms with E-state index in [2.05, 4.69) is 4.74 Å². The van der Waals surface area contributed by atoms with Crippen LogP contribution in [0.25, 0.3) is 11.1 Å². The summed E-state index contributed by atoms with van der Waals surface area (Å²) in [6, 6.07) is 13.4. The van der Waals surface area contributed by atoms with Gasteiger partial charge in [0.25, 0.3) is 0 Å². The number of benzene rings is 2. The summed E-state index contributed by atoms with van der Waals surface area (Å²) in [6.45, 7) is -0.191. The molecule has 0 radical (unpaired) electrons. The Morgan fingerprint density at radius 2 is 1.32 bits per heavy atom. The van der Waals surface area contributed by atoms with E-state index in [-0.39, 0.29) is 0 Å². The first-order valence-electron chi connectivity index (χ1n) is 9.24. The number of ether oxygens (including phenoxy) is 2. The standard InChI is InChI=1S/C21H20F8O2/c1-2-11-31-17-9-7-16(8-10-17)15-5-3-14(4-6-15)12-30-13-19(24,25)21(28,29)20(26,27)18(22)23/h3-10,18H,2,11-13H2,1H3. The highest BCUT2D eigenvalue weighted by atomic mass is 19.4. The lowest BCUT2D eigenvalue weighted by atomic mass is 10.0. The third-order valence-corrected chi connectivity index (χ3v) is 4.32. The van der Waals surface area contributed by atoms with Crippen LogP contribution in [0.3, 0.4) is 0 Å². The molecule has 0 heterocycles. The number of hydrogen-bond donors (Lipinski definition) is 0. The van der Waals surface area contributed by atoms with E-state index in [1.54, 1.807) is 24.3 Å². The fourth-order valence-electron chi connectivity index (χ4n) is 2.53. The smallest absolute Gasteiger partial charge is 0.380 e. The lowest BCUT2D eigenvalue weighted by Crippen LogP contribution is -2.59. The lowest BCUT2D eigenvalue weighted by molar-refractivity contribution is -0.346. The Hall–Kier alpha value is -2.36. The van der Waals surface area contributed by atoms with Gasteiger partial charge in [-0.3, -0.25) is 0 Å². The molecule has 0 fully saturated rings. The SMILES string of the molecule is CCCOc1ccc(-c2ccc(COCC(F)(F)C(F)(F)C(F)(F)C(F)F)cc2)cc1. The predicted molar refractivity (Wildman–Crippen MR) is 98.2 cm³/mol. The average Bonchev–Trinajstić information content (AvgIpc) is 2.72. The Morgan fingerprint density at radius 3 is 1.81 bits per heavy atom. The zero-order chi connectivity index (χ0) is 23.3. The molecule has 0 atom stereocenters. The molecule has 2 aromatic carbocycles. The van der Waals surface area contributed by atoms with Crippen molar-refractivity contribution >= 4 is 0 Å². The van der Waals surface area contributed by atoms with Gasteiger partial charge in [0, 0.05) is 0 Å². The molecule has 2 aromatic rings. The summed E-state index contributed by atoms with van der Waals surface area (Å²) in [5.41, 5.74) is 1.89. The van der Waals surface area contributed by atoms with Gasteiger partial charge in [-0.15, -0.1) is 0 Å². The van der Waals surface area contributed by atoms with Gasteiger partial charge in [0.2, 0.25) is 0 Å². The molecule has 0 aliphatic rings. The van der Waals surface area contributed by atoms with E-state index < -0.39 is 37.4 Å². The summed E-state index contributed by atoms with van der Waals surface area (Å²) in [4.78, 5) is 0. The van der Waals surface area contributed by atoms with Gasteiger partial charge in [-0.25, -0.2) is 8.78 Å². The molecule has 172 valence electrons. The van der Waals surface area contributed by atoms with Gasteiger partial charge >= 0.3 is 24.2 Å². The molecule has 0 saturated carbocycles. The van der Waals surface area contributed by atoms with Crippen LogP contribution in [0, 0.1) is 0 Å². The monoisotopic (exact) mass is 456 g/mol. The van der Waals surface area contributed by atoms with E-state index in [4.69, 9.17) is 4.74 Å². The molecule has 2 nitrogen and oxygen atoms in total. The first-order valence-corrected chi connectivity index (χ1v) is 9.24. The number of hydrogen-bond acceptors (Lipinski definition) is 2. The number of halogens is 8. The van der Waals surface area contributed by atoms with Crippen molar-refractivity contribution < 1.29 is 44.6 Å². The van der Waals surface area contributed by atoms with E-state index in [0.717, 1.165) is 17.5 Å². The quantitative estimate of drug-likeness (QED) is 0.345. The minimum atomic E-state index is -6.27. The van der Waals surface area contributed by atoms with Crippen molar-refractivity contribution in [3.63, 3.8) is 0 Å². The van der Waals surface area contributed by atoms with Crippen molar-refractivity contribution in [2.45, 2.75) is 44.1 Å². The highest BCUT2D eigenvalue weighted by Gasteiger charge is 2.75. The normalized spacial score (nSPS) is 13.0. The molecule has 0 amide bonds. The topological polar surface area (TPSA) is 18.5 Å². The van der Waals surface area contributed by atoms with Gasteiger partial charge in [0.05, 0.1) is 13.2 Å². The maximum atomic E-state index is 13.5. The Labute approximate surface area is 173 Å². The van der Waals surface area contributed by atoms with E-state index in [0.29, 0.717) is 17.9 Å². The van der Waals surface area contributed by atoms with Crippen LogP contribution in [0.15, 0.2) is 48.5 Å². The molecule has 2 rings (SSSR count). The van der Waals surface area contributed by atoms with Crippen LogP contribution < -0.4 is 4.74 Å². The van der Waals surface area contributed by atoms with E-state index in [9.17, 15) is 35.1 Å². The van der Waals surface area contributed by atoms with Crippen molar-refractivity contribution in [3.8, 4) is 16.9 Å². The fourth-order valence-corrected chi connectivity index (χ4v) is 2.53. The first kappa shape index (κ1) is 24.9. The van der Waals surface area contributed by atoms with Crippen LogP contribution in [0.5, 0.6) is 5.75 Å². The summed E-state index contributed by atoms with van der Waals surface area (Å²) in [5, 5.41) is 0. The Bertz CT molecular complexity index is 820. The van der Waals surface area contributed by atoms with Crippen LogP contribution in [0.4, 0.5) is 35.1 Å². The summed E-state index contributed by atoms with van der Waals surface area (Å²) in [7, 11) is 0. The molecule has 0 spiro atoms. The molecule has 0 bridgehead atoms. The van der Waals surface area contributed by atoms with Crippen molar-refractivity contribution in [1.29, 1.82) is 0 Å². The van der Waals surface area contributed by atoms with Crippen molar-refractivity contribution in [2.75, 3.05) is 13.2 Å². The number of alkyl halides is 8. The molecule has 10 heteroatoms. The van der Waals surface area contributed by atoms with Crippen molar-refractivity contribution in [1.82, 2.24) is 0 Å². The van der Waals surface area contributed by atoms with Gasteiger partial charge in [0.1, 0.15) is 12.4 Å². The summed E-state index contributed by atoms with van der Waals surface area (Å²) < 4.78 is 113. The molecule has 0 aromatic heterocycles. The molecule has 0 saturated heterocycles. The van der Waals surface area contributed by atoms with Crippen LogP contribution in [-0.4, -0.2) is 37.4 Å². The highest BCUT2D eigenvalue weighted by molar-refractivity contribution is 5.64. The second-order valence-electron chi connectivity index (χ2n) is 6.77. The molecule has 0 aliphatic carbocycles. The van der Waals surface area contributed by atoms with Gasteiger partial charge in [-0.2, -0.15) is 26.3 Å². The van der Waals surface area contributed by atoms with Crippen molar-refractivity contribution in [3.05, 3.63) is 54.1 Å². The van der Waals surface area contributed by atoms with Crippen LogP contribution >= 0.6 is 0 Å². The minimum Gasteiger partial charge on any atom is -0.494 e. The average molecular weight is 456 g/mol. The zero-order valence-corrected chi connectivity index (χ0v) is 16.4. The number of rotatable bonds is 11.